The molecular formula is C9H16O2. The topological polar surface area (TPSA) is 37.3 Å². The van der Waals surface area contributed by atoms with Gasteiger partial charge in [0, 0.05) is 5.57 Å². The zero-order chi connectivity index (χ0) is 9.23. The maximum atomic E-state index is 10.5. The molecule has 11 heavy (non-hydrogen) atoms. The van der Waals surface area contributed by atoms with Gasteiger partial charge >= 0.3 is 5.97 Å². The molecule has 0 spiro atoms. The number of hydrogen-bond donors (Lipinski definition) is 1. The van der Waals surface area contributed by atoms with E-state index in [1.165, 1.54) is 0 Å². The SMILES string of the molecule is CC(C(=O)O)=C(C)C(C)(C)C. The minimum atomic E-state index is -0.822. The summed E-state index contributed by atoms with van der Waals surface area (Å²) >= 11 is 0. The van der Waals surface area contributed by atoms with Crippen molar-refractivity contribution in [2.45, 2.75) is 34.6 Å². The lowest BCUT2D eigenvalue weighted by Crippen LogP contribution is -2.12. The summed E-state index contributed by atoms with van der Waals surface area (Å²) in [6.07, 6.45) is 0. The van der Waals surface area contributed by atoms with Crippen LogP contribution >= 0.6 is 0 Å². The number of carboxylic acids is 1. The molecule has 0 fully saturated rings. The highest BCUT2D eigenvalue weighted by Gasteiger charge is 2.17. The highest BCUT2D eigenvalue weighted by atomic mass is 16.4. The molecule has 2 heteroatoms. The first kappa shape index (κ1) is 10.2. The van der Waals surface area contributed by atoms with Crippen molar-refractivity contribution < 1.29 is 9.90 Å². The van der Waals surface area contributed by atoms with Crippen LogP contribution < -0.4 is 0 Å². The second kappa shape index (κ2) is 3.07. The Morgan fingerprint density at radius 2 is 1.55 bits per heavy atom. The van der Waals surface area contributed by atoms with Crippen LogP contribution in [0.3, 0.4) is 0 Å². The molecule has 0 aromatic carbocycles. The summed E-state index contributed by atoms with van der Waals surface area (Å²) in [5, 5.41) is 8.66. The zero-order valence-corrected chi connectivity index (χ0v) is 7.86. The molecule has 0 saturated heterocycles. The average molecular weight is 156 g/mol. The van der Waals surface area contributed by atoms with E-state index in [1.54, 1.807) is 6.92 Å². The van der Waals surface area contributed by atoms with Gasteiger partial charge < -0.3 is 5.11 Å². The normalized spacial score (nSPS) is 14.3. The van der Waals surface area contributed by atoms with Crippen LogP contribution in [0.4, 0.5) is 0 Å². The summed E-state index contributed by atoms with van der Waals surface area (Å²) in [4.78, 5) is 10.5. The third-order valence-electron chi connectivity index (χ3n) is 2.01. The Morgan fingerprint density at radius 1 is 1.18 bits per heavy atom. The van der Waals surface area contributed by atoms with E-state index in [0.29, 0.717) is 5.57 Å². The molecule has 0 saturated carbocycles. The lowest BCUT2D eigenvalue weighted by Gasteiger charge is -2.20. The van der Waals surface area contributed by atoms with Gasteiger partial charge in [-0.1, -0.05) is 26.3 Å². The van der Waals surface area contributed by atoms with E-state index in [-0.39, 0.29) is 5.41 Å². The van der Waals surface area contributed by atoms with Crippen LogP contribution in [0, 0.1) is 5.41 Å². The van der Waals surface area contributed by atoms with E-state index in [0.717, 1.165) is 5.57 Å². The van der Waals surface area contributed by atoms with Gasteiger partial charge in [0.2, 0.25) is 0 Å². The standard InChI is InChI=1S/C9H16O2/c1-6(8(10)11)7(2)9(3,4)5/h1-5H3,(H,10,11). The second-order valence-corrected chi connectivity index (χ2v) is 3.81. The van der Waals surface area contributed by atoms with Crippen LogP contribution in [0.15, 0.2) is 11.1 Å². The van der Waals surface area contributed by atoms with E-state index in [4.69, 9.17) is 5.11 Å². The number of hydrogen-bond acceptors (Lipinski definition) is 1. The van der Waals surface area contributed by atoms with Crippen molar-refractivity contribution in [2.75, 3.05) is 0 Å². The molecule has 64 valence electrons. The molecular weight excluding hydrogens is 140 g/mol. The van der Waals surface area contributed by atoms with Crippen molar-refractivity contribution >= 4 is 5.97 Å². The summed E-state index contributed by atoms with van der Waals surface area (Å²) in [7, 11) is 0. The molecule has 0 aliphatic carbocycles. The van der Waals surface area contributed by atoms with E-state index < -0.39 is 5.97 Å². The van der Waals surface area contributed by atoms with Gasteiger partial charge in [-0.25, -0.2) is 4.79 Å². The molecule has 0 bridgehead atoms. The fraction of sp³-hybridized carbons (Fsp3) is 0.667. The number of carbonyl (C=O) groups is 1. The predicted octanol–water partition coefficient (Wildman–Crippen LogP) is 2.45. The quantitative estimate of drug-likeness (QED) is 0.592. The summed E-state index contributed by atoms with van der Waals surface area (Å²) < 4.78 is 0. The molecule has 0 rings (SSSR count). The summed E-state index contributed by atoms with van der Waals surface area (Å²) in [6.45, 7) is 9.53. The first-order valence-corrected chi connectivity index (χ1v) is 3.68. The molecule has 0 radical (unpaired) electrons. The van der Waals surface area contributed by atoms with Gasteiger partial charge in [0.05, 0.1) is 0 Å². The highest BCUT2D eigenvalue weighted by molar-refractivity contribution is 5.86. The van der Waals surface area contributed by atoms with E-state index >= 15 is 0 Å². The predicted molar refractivity (Wildman–Crippen MR) is 45.5 cm³/mol. The minimum Gasteiger partial charge on any atom is -0.478 e. The Bertz CT molecular complexity index is 194. The Morgan fingerprint density at radius 3 is 1.64 bits per heavy atom. The Labute approximate surface area is 67.9 Å². The van der Waals surface area contributed by atoms with Gasteiger partial charge in [-0.05, 0) is 19.3 Å². The van der Waals surface area contributed by atoms with Gasteiger partial charge in [0.1, 0.15) is 0 Å². The molecule has 0 amide bonds. The Hall–Kier alpha value is -0.790. The maximum absolute atomic E-state index is 10.5. The highest BCUT2D eigenvalue weighted by Crippen LogP contribution is 2.27. The minimum absolute atomic E-state index is 0.0392. The molecule has 0 unspecified atom stereocenters. The number of rotatable bonds is 1. The van der Waals surface area contributed by atoms with Crippen LogP contribution in [0.1, 0.15) is 34.6 Å². The van der Waals surface area contributed by atoms with Gasteiger partial charge in [0.15, 0.2) is 0 Å². The number of aliphatic carboxylic acids is 1. The summed E-state index contributed by atoms with van der Waals surface area (Å²) in [6, 6.07) is 0. The summed E-state index contributed by atoms with van der Waals surface area (Å²) in [5.41, 5.74) is 1.35. The van der Waals surface area contributed by atoms with Gasteiger partial charge in [-0.3, -0.25) is 0 Å². The van der Waals surface area contributed by atoms with Crippen LogP contribution in [0.5, 0.6) is 0 Å². The van der Waals surface area contributed by atoms with Crippen molar-refractivity contribution in [3.8, 4) is 0 Å². The third kappa shape index (κ3) is 2.74. The fourth-order valence-electron chi connectivity index (χ4n) is 0.723. The van der Waals surface area contributed by atoms with Crippen LogP contribution in [-0.4, -0.2) is 11.1 Å². The largest absolute Gasteiger partial charge is 0.478 e. The molecule has 0 heterocycles. The Kier molecular flexibility index (Phi) is 2.85. The van der Waals surface area contributed by atoms with Crippen molar-refractivity contribution in [3.63, 3.8) is 0 Å². The maximum Gasteiger partial charge on any atom is 0.331 e. The van der Waals surface area contributed by atoms with E-state index in [9.17, 15) is 4.79 Å². The number of carboxylic acid groups (broad SMARTS) is 1. The van der Waals surface area contributed by atoms with Crippen LogP contribution in [0.2, 0.25) is 0 Å². The monoisotopic (exact) mass is 156 g/mol. The molecule has 1 N–H and O–H groups in total. The molecule has 0 atom stereocenters. The van der Waals surface area contributed by atoms with Crippen molar-refractivity contribution in [3.05, 3.63) is 11.1 Å². The lowest BCUT2D eigenvalue weighted by atomic mass is 9.85. The molecule has 0 aromatic heterocycles. The first-order valence-electron chi connectivity index (χ1n) is 3.68. The van der Waals surface area contributed by atoms with Crippen LogP contribution in [-0.2, 0) is 4.79 Å². The molecule has 0 aliphatic heterocycles. The fourth-order valence-corrected chi connectivity index (χ4v) is 0.723. The zero-order valence-electron chi connectivity index (χ0n) is 7.86. The Balaban J connectivity index is 4.82. The smallest absolute Gasteiger partial charge is 0.331 e. The van der Waals surface area contributed by atoms with Crippen molar-refractivity contribution in [1.82, 2.24) is 0 Å². The molecule has 0 aromatic rings. The first-order chi connectivity index (χ1) is 4.76. The van der Waals surface area contributed by atoms with Gasteiger partial charge in [-0.2, -0.15) is 0 Å². The number of allylic oxidation sites excluding steroid dienone is 1. The van der Waals surface area contributed by atoms with E-state index in [2.05, 4.69) is 0 Å². The van der Waals surface area contributed by atoms with E-state index in [1.807, 2.05) is 27.7 Å². The second-order valence-electron chi connectivity index (χ2n) is 3.81. The summed E-state index contributed by atoms with van der Waals surface area (Å²) in [5.74, 6) is -0.822. The van der Waals surface area contributed by atoms with Gasteiger partial charge in [0.25, 0.3) is 0 Å². The van der Waals surface area contributed by atoms with Crippen LogP contribution in [0.25, 0.3) is 0 Å². The molecule has 2 nitrogen and oxygen atoms in total. The average Bonchev–Trinajstić information content (AvgIpc) is 1.82. The van der Waals surface area contributed by atoms with Crippen molar-refractivity contribution in [1.29, 1.82) is 0 Å². The van der Waals surface area contributed by atoms with Gasteiger partial charge in [-0.15, -0.1) is 0 Å². The van der Waals surface area contributed by atoms with Crippen molar-refractivity contribution in [2.24, 2.45) is 5.41 Å². The molecule has 0 aliphatic rings. The lowest BCUT2D eigenvalue weighted by molar-refractivity contribution is -0.132. The third-order valence-corrected chi connectivity index (χ3v) is 2.01.